The summed E-state index contributed by atoms with van der Waals surface area (Å²) in [5.74, 6) is 1.88. The van der Waals surface area contributed by atoms with E-state index < -0.39 is 0 Å². The van der Waals surface area contributed by atoms with E-state index in [9.17, 15) is 4.39 Å². The van der Waals surface area contributed by atoms with Crippen LogP contribution in [0.2, 0.25) is 0 Å². The van der Waals surface area contributed by atoms with Gasteiger partial charge < -0.3 is 15.1 Å². The molecule has 2 aromatic heterocycles. The van der Waals surface area contributed by atoms with Crippen LogP contribution in [-0.2, 0) is 13.0 Å². The Labute approximate surface area is 140 Å². The van der Waals surface area contributed by atoms with Gasteiger partial charge in [0.1, 0.15) is 17.4 Å². The maximum absolute atomic E-state index is 13.6. The molecule has 0 unspecified atom stereocenters. The molecule has 6 heteroatoms. The van der Waals surface area contributed by atoms with Gasteiger partial charge in [-0.1, -0.05) is 18.2 Å². The number of nitrogens with one attached hydrogen (secondary N) is 2. The zero-order chi connectivity index (χ0) is 16.8. The highest BCUT2D eigenvalue weighted by Crippen LogP contribution is 2.12. The number of furan rings is 1. The number of aromatic nitrogens is 2. The Hall–Kier alpha value is -2.89. The molecule has 124 valence electrons. The monoisotopic (exact) mass is 326 g/mol. The average molecular weight is 326 g/mol. The summed E-state index contributed by atoms with van der Waals surface area (Å²) in [6.07, 6.45) is 2.21. The summed E-state index contributed by atoms with van der Waals surface area (Å²) in [5.41, 5.74) is 1.52. The molecule has 0 amide bonds. The second-order valence-electron chi connectivity index (χ2n) is 5.42. The number of benzene rings is 1. The lowest BCUT2D eigenvalue weighted by Crippen LogP contribution is -2.11. The molecule has 1 aromatic carbocycles. The Morgan fingerprint density at radius 3 is 2.75 bits per heavy atom. The maximum Gasteiger partial charge on any atom is 0.224 e. The van der Waals surface area contributed by atoms with Gasteiger partial charge in [-0.3, -0.25) is 0 Å². The molecule has 0 atom stereocenters. The third kappa shape index (κ3) is 4.32. The predicted octanol–water partition coefficient (Wildman–Crippen LogP) is 3.78. The number of anilines is 2. The van der Waals surface area contributed by atoms with Gasteiger partial charge in [-0.25, -0.2) is 9.37 Å². The summed E-state index contributed by atoms with van der Waals surface area (Å²) in [7, 11) is 0. The van der Waals surface area contributed by atoms with E-state index in [1.165, 1.54) is 6.07 Å². The molecule has 0 spiro atoms. The minimum atomic E-state index is -0.190. The summed E-state index contributed by atoms with van der Waals surface area (Å²) in [4.78, 5) is 8.77. The van der Waals surface area contributed by atoms with E-state index >= 15 is 0 Å². The molecular formula is C18H19FN4O. The second-order valence-corrected chi connectivity index (χ2v) is 5.42. The predicted molar refractivity (Wildman–Crippen MR) is 91.4 cm³/mol. The van der Waals surface area contributed by atoms with Crippen molar-refractivity contribution in [2.75, 3.05) is 17.2 Å². The lowest BCUT2D eigenvalue weighted by molar-refractivity contribution is 0.518. The molecule has 2 heterocycles. The fourth-order valence-corrected chi connectivity index (χ4v) is 2.34. The molecule has 5 nitrogen and oxygen atoms in total. The standard InChI is InChI=1S/C18H19FN4O/c1-13-11-17(21-12-15-6-4-10-24-15)23-18(22-13)20-9-8-14-5-2-3-7-16(14)19/h2-7,10-11H,8-9,12H2,1H3,(H2,20,21,22,23). The first-order chi connectivity index (χ1) is 11.7. The van der Waals surface area contributed by atoms with Crippen LogP contribution in [-0.4, -0.2) is 16.5 Å². The first kappa shape index (κ1) is 16.0. The summed E-state index contributed by atoms with van der Waals surface area (Å²) < 4.78 is 18.9. The van der Waals surface area contributed by atoms with Crippen molar-refractivity contribution in [2.24, 2.45) is 0 Å². The SMILES string of the molecule is Cc1cc(NCc2ccco2)nc(NCCc2ccccc2F)n1. The number of aryl methyl sites for hydroxylation is 1. The summed E-state index contributed by atoms with van der Waals surface area (Å²) in [6, 6.07) is 12.4. The van der Waals surface area contributed by atoms with Gasteiger partial charge in [0.15, 0.2) is 0 Å². The van der Waals surface area contributed by atoms with Crippen molar-refractivity contribution in [3.8, 4) is 0 Å². The number of nitrogens with zero attached hydrogens (tertiary/aromatic N) is 2. The molecule has 2 N–H and O–H groups in total. The highest BCUT2D eigenvalue weighted by atomic mass is 19.1. The van der Waals surface area contributed by atoms with Crippen LogP contribution in [0.25, 0.3) is 0 Å². The van der Waals surface area contributed by atoms with Crippen LogP contribution in [0, 0.1) is 12.7 Å². The van der Waals surface area contributed by atoms with Gasteiger partial charge in [0.25, 0.3) is 0 Å². The highest BCUT2D eigenvalue weighted by molar-refractivity contribution is 5.42. The lowest BCUT2D eigenvalue weighted by Gasteiger charge is -2.09. The van der Waals surface area contributed by atoms with Gasteiger partial charge in [0.2, 0.25) is 5.95 Å². The van der Waals surface area contributed by atoms with Gasteiger partial charge >= 0.3 is 0 Å². The summed E-state index contributed by atoms with van der Waals surface area (Å²) in [5, 5.41) is 6.34. The molecule has 3 rings (SSSR count). The Kier molecular flexibility index (Phi) is 5.05. The van der Waals surface area contributed by atoms with Crippen LogP contribution in [0.15, 0.2) is 53.1 Å². The zero-order valence-corrected chi connectivity index (χ0v) is 13.4. The number of hydrogen-bond acceptors (Lipinski definition) is 5. The highest BCUT2D eigenvalue weighted by Gasteiger charge is 2.04. The van der Waals surface area contributed by atoms with Gasteiger partial charge in [-0.15, -0.1) is 0 Å². The van der Waals surface area contributed by atoms with Gasteiger partial charge in [-0.2, -0.15) is 4.98 Å². The lowest BCUT2D eigenvalue weighted by atomic mass is 10.1. The first-order valence-electron chi connectivity index (χ1n) is 7.80. The van der Waals surface area contributed by atoms with Crippen LogP contribution in [0.5, 0.6) is 0 Å². The van der Waals surface area contributed by atoms with Gasteiger partial charge in [-0.05, 0) is 37.1 Å². The smallest absolute Gasteiger partial charge is 0.224 e. The fraction of sp³-hybridized carbons (Fsp3) is 0.222. The van der Waals surface area contributed by atoms with Crippen molar-refractivity contribution < 1.29 is 8.81 Å². The minimum absolute atomic E-state index is 0.190. The Morgan fingerprint density at radius 1 is 1.08 bits per heavy atom. The van der Waals surface area contributed by atoms with E-state index in [0.717, 1.165) is 11.5 Å². The number of rotatable bonds is 7. The molecule has 0 radical (unpaired) electrons. The molecule has 24 heavy (non-hydrogen) atoms. The van der Waals surface area contributed by atoms with Crippen molar-refractivity contribution in [3.63, 3.8) is 0 Å². The molecule has 0 aliphatic heterocycles. The van der Waals surface area contributed by atoms with E-state index in [4.69, 9.17) is 4.42 Å². The van der Waals surface area contributed by atoms with Crippen molar-refractivity contribution >= 4 is 11.8 Å². The van der Waals surface area contributed by atoms with E-state index in [2.05, 4.69) is 20.6 Å². The topological polar surface area (TPSA) is 63.0 Å². The first-order valence-corrected chi connectivity index (χ1v) is 7.80. The van der Waals surface area contributed by atoms with Crippen LogP contribution < -0.4 is 10.6 Å². The average Bonchev–Trinajstić information content (AvgIpc) is 3.08. The maximum atomic E-state index is 13.6. The van der Waals surface area contributed by atoms with Gasteiger partial charge in [0.05, 0.1) is 12.8 Å². The molecule has 0 aliphatic rings. The van der Waals surface area contributed by atoms with E-state index in [1.54, 1.807) is 18.4 Å². The quantitative estimate of drug-likeness (QED) is 0.692. The van der Waals surface area contributed by atoms with E-state index in [-0.39, 0.29) is 5.82 Å². The van der Waals surface area contributed by atoms with Crippen molar-refractivity contribution in [1.29, 1.82) is 0 Å². The van der Waals surface area contributed by atoms with Crippen LogP contribution in [0.1, 0.15) is 17.0 Å². The fourth-order valence-electron chi connectivity index (χ4n) is 2.34. The Morgan fingerprint density at radius 2 is 1.96 bits per heavy atom. The minimum Gasteiger partial charge on any atom is -0.467 e. The second kappa shape index (κ2) is 7.59. The Balaban J connectivity index is 1.58. The largest absolute Gasteiger partial charge is 0.467 e. The number of hydrogen-bond donors (Lipinski definition) is 2. The summed E-state index contributed by atoms with van der Waals surface area (Å²) in [6.45, 7) is 3.02. The van der Waals surface area contributed by atoms with Crippen LogP contribution in [0.4, 0.5) is 16.2 Å². The molecule has 0 fully saturated rings. The summed E-state index contributed by atoms with van der Waals surface area (Å²) >= 11 is 0. The van der Waals surface area contributed by atoms with E-state index in [1.807, 2.05) is 31.2 Å². The van der Waals surface area contributed by atoms with Gasteiger partial charge in [0, 0.05) is 18.3 Å². The normalized spacial score (nSPS) is 10.6. The molecule has 0 saturated heterocycles. The molecule has 0 saturated carbocycles. The third-order valence-electron chi connectivity index (χ3n) is 3.51. The number of halogens is 1. The van der Waals surface area contributed by atoms with Crippen LogP contribution >= 0.6 is 0 Å². The zero-order valence-electron chi connectivity index (χ0n) is 13.4. The van der Waals surface area contributed by atoms with E-state index in [0.29, 0.717) is 36.8 Å². The van der Waals surface area contributed by atoms with Crippen molar-refractivity contribution in [3.05, 3.63) is 71.6 Å². The molecule has 3 aromatic rings. The third-order valence-corrected chi connectivity index (χ3v) is 3.51. The molecular weight excluding hydrogens is 307 g/mol. The van der Waals surface area contributed by atoms with Crippen LogP contribution in [0.3, 0.4) is 0 Å². The molecule has 0 aliphatic carbocycles. The Bertz CT molecular complexity index is 789. The van der Waals surface area contributed by atoms with Crippen molar-refractivity contribution in [2.45, 2.75) is 19.9 Å². The van der Waals surface area contributed by atoms with Crippen molar-refractivity contribution in [1.82, 2.24) is 9.97 Å². The molecule has 0 bridgehead atoms.